The smallest absolute Gasteiger partial charge is 0.258 e. The highest BCUT2D eigenvalue weighted by atomic mass is 35.5. The van der Waals surface area contributed by atoms with Gasteiger partial charge in [0.2, 0.25) is 0 Å². The van der Waals surface area contributed by atoms with Gasteiger partial charge in [-0.3, -0.25) is 10.1 Å². The largest absolute Gasteiger partial charge is 0.269 e. The fourth-order valence-electron chi connectivity index (χ4n) is 1.46. The van der Waals surface area contributed by atoms with Gasteiger partial charge in [0, 0.05) is 17.7 Å². The standard InChI is InChI=1S/C11H10ClN3O2/c1-7-8(2)13-14(11(7)12)9-3-5-10(6-4-9)15(16)17/h3-6H,1-2H3. The Hall–Kier alpha value is -1.88. The molecule has 88 valence electrons. The first kappa shape index (κ1) is 11.6. The maximum absolute atomic E-state index is 10.5. The number of rotatable bonds is 2. The van der Waals surface area contributed by atoms with E-state index in [1.165, 1.54) is 12.1 Å². The van der Waals surface area contributed by atoms with E-state index in [1.807, 2.05) is 13.8 Å². The summed E-state index contributed by atoms with van der Waals surface area (Å²) in [7, 11) is 0. The highest BCUT2D eigenvalue weighted by Gasteiger charge is 2.12. The number of hydrogen-bond donors (Lipinski definition) is 0. The molecule has 0 fully saturated rings. The molecule has 0 radical (unpaired) electrons. The zero-order chi connectivity index (χ0) is 12.6. The molecule has 2 aromatic rings. The summed E-state index contributed by atoms with van der Waals surface area (Å²) in [5.41, 5.74) is 2.50. The van der Waals surface area contributed by atoms with Crippen LogP contribution in [0.15, 0.2) is 24.3 Å². The number of halogens is 1. The Morgan fingerprint density at radius 3 is 2.29 bits per heavy atom. The highest BCUT2D eigenvalue weighted by Crippen LogP contribution is 2.23. The van der Waals surface area contributed by atoms with Crippen molar-refractivity contribution in [2.75, 3.05) is 0 Å². The first-order chi connectivity index (χ1) is 8.00. The van der Waals surface area contributed by atoms with E-state index < -0.39 is 4.92 Å². The molecule has 2 rings (SSSR count). The third-order valence-electron chi connectivity index (χ3n) is 2.59. The second kappa shape index (κ2) is 4.18. The number of hydrogen-bond acceptors (Lipinski definition) is 3. The summed E-state index contributed by atoms with van der Waals surface area (Å²) in [5.74, 6) is 0. The normalized spacial score (nSPS) is 10.5. The number of non-ortho nitro benzene ring substituents is 1. The van der Waals surface area contributed by atoms with Gasteiger partial charge < -0.3 is 0 Å². The molecule has 0 saturated carbocycles. The Morgan fingerprint density at radius 2 is 1.88 bits per heavy atom. The molecule has 0 saturated heterocycles. The van der Waals surface area contributed by atoms with Crippen LogP contribution >= 0.6 is 11.6 Å². The molecule has 17 heavy (non-hydrogen) atoms. The van der Waals surface area contributed by atoms with Crippen molar-refractivity contribution in [1.29, 1.82) is 0 Å². The van der Waals surface area contributed by atoms with Crippen LogP contribution in [0.4, 0.5) is 5.69 Å². The zero-order valence-corrected chi connectivity index (χ0v) is 10.1. The molecule has 5 nitrogen and oxygen atoms in total. The Bertz CT molecular complexity index is 575. The van der Waals surface area contributed by atoms with Crippen LogP contribution in [0.1, 0.15) is 11.3 Å². The molecule has 0 aliphatic heterocycles. The van der Waals surface area contributed by atoms with Crippen LogP contribution in [-0.4, -0.2) is 14.7 Å². The molecule has 1 aromatic heterocycles. The van der Waals surface area contributed by atoms with Gasteiger partial charge in [-0.05, 0) is 26.0 Å². The number of benzene rings is 1. The summed E-state index contributed by atoms with van der Waals surface area (Å²) in [4.78, 5) is 10.1. The van der Waals surface area contributed by atoms with Crippen molar-refractivity contribution in [2.24, 2.45) is 0 Å². The first-order valence-corrected chi connectivity index (χ1v) is 5.35. The lowest BCUT2D eigenvalue weighted by molar-refractivity contribution is -0.384. The lowest BCUT2D eigenvalue weighted by Gasteiger charge is -2.02. The van der Waals surface area contributed by atoms with Gasteiger partial charge in [-0.25, -0.2) is 4.68 Å². The van der Waals surface area contributed by atoms with E-state index in [2.05, 4.69) is 5.10 Å². The molecule has 0 spiro atoms. The summed E-state index contributed by atoms with van der Waals surface area (Å²) in [6, 6.07) is 6.10. The van der Waals surface area contributed by atoms with E-state index in [-0.39, 0.29) is 5.69 Å². The van der Waals surface area contributed by atoms with Gasteiger partial charge in [0.05, 0.1) is 16.3 Å². The summed E-state index contributed by atoms with van der Waals surface area (Å²) in [6.45, 7) is 3.75. The van der Waals surface area contributed by atoms with Crippen molar-refractivity contribution in [2.45, 2.75) is 13.8 Å². The number of nitro groups is 1. The fraction of sp³-hybridized carbons (Fsp3) is 0.182. The van der Waals surface area contributed by atoms with Crippen LogP contribution in [0.5, 0.6) is 0 Å². The van der Waals surface area contributed by atoms with Crippen molar-refractivity contribution in [3.8, 4) is 5.69 Å². The third-order valence-corrected chi connectivity index (χ3v) is 3.04. The van der Waals surface area contributed by atoms with Gasteiger partial charge in [0.1, 0.15) is 5.15 Å². The molecule has 0 N–H and O–H groups in total. The third kappa shape index (κ3) is 2.01. The Kier molecular flexibility index (Phi) is 2.85. The van der Waals surface area contributed by atoms with Crippen LogP contribution in [0.2, 0.25) is 5.15 Å². The van der Waals surface area contributed by atoms with Gasteiger partial charge in [0.15, 0.2) is 0 Å². The molecule has 0 atom stereocenters. The number of aromatic nitrogens is 2. The minimum absolute atomic E-state index is 0.0467. The molecule has 6 heteroatoms. The van der Waals surface area contributed by atoms with Gasteiger partial charge in [-0.15, -0.1) is 0 Å². The van der Waals surface area contributed by atoms with E-state index in [1.54, 1.807) is 16.8 Å². The molecule has 0 bridgehead atoms. The second-order valence-electron chi connectivity index (χ2n) is 3.69. The van der Waals surface area contributed by atoms with E-state index in [9.17, 15) is 10.1 Å². The average molecular weight is 252 g/mol. The predicted octanol–water partition coefficient (Wildman–Crippen LogP) is 3.05. The Morgan fingerprint density at radius 1 is 1.29 bits per heavy atom. The Labute approximate surface area is 103 Å². The van der Waals surface area contributed by atoms with E-state index >= 15 is 0 Å². The number of aryl methyl sites for hydroxylation is 1. The molecule has 0 amide bonds. The van der Waals surface area contributed by atoms with E-state index in [0.29, 0.717) is 10.8 Å². The van der Waals surface area contributed by atoms with E-state index in [4.69, 9.17) is 11.6 Å². The van der Waals surface area contributed by atoms with Crippen molar-refractivity contribution in [3.05, 3.63) is 50.8 Å². The van der Waals surface area contributed by atoms with Crippen molar-refractivity contribution in [1.82, 2.24) is 9.78 Å². The molecule has 0 aliphatic rings. The predicted molar refractivity (Wildman–Crippen MR) is 64.7 cm³/mol. The summed E-state index contributed by atoms with van der Waals surface area (Å²) in [6.07, 6.45) is 0. The zero-order valence-electron chi connectivity index (χ0n) is 9.35. The maximum atomic E-state index is 10.5. The van der Waals surface area contributed by atoms with Crippen molar-refractivity contribution >= 4 is 17.3 Å². The second-order valence-corrected chi connectivity index (χ2v) is 4.04. The summed E-state index contributed by atoms with van der Waals surface area (Å²) >= 11 is 6.12. The number of nitrogens with zero attached hydrogens (tertiary/aromatic N) is 3. The average Bonchev–Trinajstić information content (AvgIpc) is 2.57. The SMILES string of the molecule is Cc1nn(-c2ccc([N+](=O)[O-])cc2)c(Cl)c1C. The molecule has 1 heterocycles. The van der Waals surface area contributed by atoms with Crippen LogP contribution in [-0.2, 0) is 0 Å². The number of nitro benzene ring substituents is 1. The lowest BCUT2D eigenvalue weighted by atomic mass is 10.3. The van der Waals surface area contributed by atoms with Crippen molar-refractivity contribution < 1.29 is 4.92 Å². The molecular formula is C11H10ClN3O2. The molecule has 0 aliphatic carbocycles. The molecular weight excluding hydrogens is 242 g/mol. The topological polar surface area (TPSA) is 61.0 Å². The van der Waals surface area contributed by atoms with Crippen LogP contribution in [0, 0.1) is 24.0 Å². The molecule has 1 aromatic carbocycles. The summed E-state index contributed by atoms with van der Waals surface area (Å²) < 4.78 is 1.57. The van der Waals surface area contributed by atoms with Crippen LogP contribution < -0.4 is 0 Å². The maximum Gasteiger partial charge on any atom is 0.269 e. The van der Waals surface area contributed by atoms with Gasteiger partial charge in [-0.1, -0.05) is 11.6 Å². The minimum Gasteiger partial charge on any atom is -0.258 e. The Balaban J connectivity index is 2.47. The summed E-state index contributed by atoms with van der Waals surface area (Å²) in [5, 5.41) is 15.3. The van der Waals surface area contributed by atoms with Crippen molar-refractivity contribution in [3.63, 3.8) is 0 Å². The highest BCUT2D eigenvalue weighted by molar-refractivity contribution is 6.30. The van der Waals surface area contributed by atoms with E-state index in [0.717, 1.165) is 11.3 Å². The lowest BCUT2D eigenvalue weighted by Crippen LogP contribution is -1.97. The van der Waals surface area contributed by atoms with Gasteiger partial charge >= 0.3 is 0 Å². The molecule has 0 unspecified atom stereocenters. The quantitative estimate of drug-likeness (QED) is 0.609. The fourth-order valence-corrected chi connectivity index (χ4v) is 1.74. The monoisotopic (exact) mass is 251 g/mol. The van der Waals surface area contributed by atoms with Gasteiger partial charge in [0.25, 0.3) is 5.69 Å². The minimum atomic E-state index is -0.440. The van der Waals surface area contributed by atoms with Gasteiger partial charge in [-0.2, -0.15) is 5.10 Å². The van der Waals surface area contributed by atoms with Crippen LogP contribution in [0.3, 0.4) is 0 Å². The first-order valence-electron chi connectivity index (χ1n) is 4.97. The van der Waals surface area contributed by atoms with Crippen LogP contribution in [0.25, 0.3) is 5.69 Å².